The summed E-state index contributed by atoms with van der Waals surface area (Å²) in [6.45, 7) is 31.9. The van der Waals surface area contributed by atoms with Crippen molar-refractivity contribution in [1.82, 2.24) is 10.3 Å². The number of hydrogen-bond donors (Lipinski definition) is 2. The molecule has 1 fully saturated rings. The first-order valence-electron chi connectivity index (χ1n) is 15.3. The minimum absolute atomic E-state index is 0.0159. The highest BCUT2D eigenvalue weighted by Crippen LogP contribution is 2.47. The first-order valence-corrected chi connectivity index (χ1v) is 21.1. The third kappa shape index (κ3) is 7.67. The molecule has 10 heteroatoms. The smallest absolute Gasteiger partial charge is 0.408 e. The lowest BCUT2D eigenvalue weighted by Crippen LogP contribution is -2.63. The molecule has 4 atom stereocenters. The highest BCUT2D eigenvalue weighted by Gasteiger charge is 2.46. The number of nitrogens with zero attached hydrogens (tertiary/aromatic N) is 2. The van der Waals surface area contributed by atoms with E-state index in [0.29, 0.717) is 12.2 Å². The van der Waals surface area contributed by atoms with Gasteiger partial charge in [-0.1, -0.05) is 48.5 Å². The summed E-state index contributed by atoms with van der Waals surface area (Å²) in [5, 5.41) is 3.36. The molecule has 3 N–H and O–H groups in total. The van der Waals surface area contributed by atoms with Crippen molar-refractivity contribution in [3.8, 4) is 0 Å². The molecule has 3 unspecified atom stereocenters. The first-order chi connectivity index (χ1) is 18.4. The second kappa shape index (κ2) is 11.5. The second-order valence-corrected chi connectivity index (χ2v) is 25.8. The number of carbonyl (C=O) groups is 1. The number of pyridine rings is 1. The van der Waals surface area contributed by atoms with E-state index in [2.05, 4.69) is 84.9 Å². The van der Waals surface area contributed by atoms with Crippen molar-refractivity contribution in [2.24, 2.45) is 5.92 Å². The number of alkyl carbamates (subject to hydrolysis) is 1. The van der Waals surface area contributed by atoms with E-state index in [0.717, 1.165) is 30.8 Å². The monoisotopic (exact) mass is 606 g/mol. The number of ether oxygens (including phenoxy) is 1. The Bertz CT molecular complexity index is 1110. The topological polar surface area (TPSA) is 98.9 Å². The Kier molecular flexibility index (Phi) is 9.47. The summed E-state index contributed by atoms with van der Waals surface area (Å²) in [6, 6.07) is -0.258. The minimum atomic E-state index is -2.11. The number of anilines is 2. The van der Waals surface area contributed by atoms with Crippen LogP contribution in [0.2, 0.25) is 36.3 Å². The molecule has 0 spiro atoms. The zero-order valence-corrected chi connectivity index (χ0v) is 30.3. The van der Waals surface area contributed by atoms with Crippen LogP contribution in [0, 0.1) is 5.92 Å². The number of nitrogens with two attached hydrogens (primary N) is 1. The van der Waals surface area contributed by atoms with Crippen molar-refractivity contribution in [2.75, 3.05) is 23.7 Å². The van der Waals surface area contributed by atoms with E-state index in [4.69, 9.17) is 24.3 Å². The van der Waals surface area contributed by atoms with Gasteiger partial charge in [0.25, 0.3) is 0 Å². The number of piperidine rings is 1. The van der Waals surface area contributed by atoms with Gasteiger partial charge >= 0.3 is 6.09 Å². The van der Waals surface area contributed by atoms with Crippen molar-refractivity contribution in [2.45, 2.75) is 142 Å². The van der Waals surface area contributed by atoms with Gasteiger partial charge in [-0.15, -0.1) is 0 Å². The number of fused-ring (bicyclic) bond motifs is 1. The SMILES string of the molecule is CC1CN(c2c(N)cnc3c2CCC3O[Si](C)(C)C(C)(C)C)CC(NC(=O)OC(C)(C)C)[C@H]1O[Si](C)(C)C(C)(C)C. The summed E-state index contributed by atoms with van der Waals surface area (Å²) in [7, 11) is -4.08. The van der Waals surface area contributed by atoms with Gasteiger partial charge in [0.2, 0.25) is 0 Å². The molecule has 1 amide bonds. The minimum Gasteiger partial charge on any atom is -0.444 e. The highest BCUT2D eigenvalue weighted by molar-refractivity contribution is 6.74. The van der Waals surface area contributed by atoms with Gasteiger partial charge in [0.15, 0.2) is 16.6 Å². The summed E-state index contributed by atoms with van der Waals surface area (Å²) in [5.74, 6) is 0.154. The fourth-order valence-electron chi connectivity index (χ4n) is 5.28. The lowest BCUT2D eigenvalue weighted by molar-refractivity contribution is 0.0336. The van der Waals surface area contributed by atoms with Crippen molar-refractivity contribution in [3.05, 3.63) is 17.5 Å². The molecule has 1 aromatic heterocycles. The molecule has 3 rings (SSSR count). The molecular weight excluding hydrogens is 549 g/mol. The molecular formula is C31H58N4O4Si2. The maximum absolute atomic E-state index is 13.1. The molecule has 0 aromatic carbocycles. The largest absolute Gasteiger partial charge is 0.444 e. The predicted octanol–water partition coefficient (Wildman–Crippen LogP) is 7.41. The third-order valence-electron chi connectivity index (χ3n) is 9.55. The summed E-state index contributed by atoms with van der Waals surface area (Å²) >= 11 is 0. The van der Waals surface area contributed by atoms with Crippen molar-refractivity contribution >= 4 is 34.1 Å². The summed E-state index contributed by atoms with van der Waals surface area (Å²) in [6.07, 6.45) is 3.01. The lowest BCUT2D eigenvalue weighted by atomic mass is 9.91. The summed E-state index contributed by atoms with van der Waals surface area (Å²) in [5.41, 5.74) is 9.97. The van der Waals surface area contributed by atoms with Crippen molar-refractivity contribution in [1.29, 1.82) is 0 Å². The van der Waals surface area contributed by atoms with Crippen LogP contribution in [0.3, 0.4) is 0 Å². The van der Waals surface area contributed by atoms with Crippen LogP contribution in [0.1, 0.15) is 93.0 Å². The van der Waals surface area contributed by atoms with Crippen LogP contribution in [-0.2, 0) is 20.0 Å². The van der Waals surface area contributed by atoms with Crippen molar-refractivity contribution in [3.63, 3.8) is 0 Å². The van der Waals surface area contributed by atoms with Gasteiger partial charge in [-0.3, -0.25) is 4.98 Å². The summed E-state index contributed by atoms with van der Waals surface area (Å²) in [4.78, 5) is 20.2. The van der Waals surface area contributed by atoms with Gasteiger partial charge in [-0.05, 0) is 69.9 Å². The molecule has 1 aliphatic carbocycles. The Morgan fingerprint density at radius 2 is 1.54 bits per heavy atom. The number of rotatable bonds is 6. The fraction of sp³-hybridized carbons (Fsp3) is 0.806. The number of carbonyl (C=O) groups excluding carboxylic acids is 1. The first kappa shape index (κ1) is 33.9. The standard InChI is InChI=1S/C31H58N4O4Si2/c1-20-18-35(19-23(34-28(36)37-29(2,3)4)27(20)39-41(13,14)31(8,9)10)26-21-15-16-24(25(21)33-17-22(26)32)38-40(11,12)30(5,6)7/h17,20,23-24,27H,15-16,18-19,32H2,1-14H3,(H,34,36)/t20?,23?,24?,27-/m0/s1. The molecule has 0 saturated carbocycles. The molecule has 0 radical (unpaired) electrons. The molecule has 41 heavy (non-hydrogen) atoms. The van der Waals surface area contributed by atoms with Crippen LogP contribution >= 0.6 is 0 Å². The third-order valence-corrected chi connectivity index (χ3v) is 18.5. The Morgan fingerprint density at radius 1 is 0.976 bits per heavy atom. The van der Waals surface area contributed by atoms with E-state index in [-0.39, 0.29) is 34.2 Å². The molecule has 8 nitrogen and oxygen atoms in total. The molecule has 0 bridgehead atoms. The van der Waals surface area contributed by atoms with Crippen LogP contribution in [-0.4, -0.2) is 58.5 Å². The predicted molar refractivity (Wildman–Crippen MR) is 175 cm³/mol. The normalized spacial score (nSPS) is 24.3. The molecule has 1 aromatic rings. The zero-order chi connectivity index (χ0) is 31.3. The van der Waals surface area contributed by atoms with E-state index in [1.807, 2.05) is 20.8 Å². The Labute approximate surface area is 251 Å². The van der Waals surface area contributed by atoms with Gasteiger partial charge in [-0.2, -0.15) is 0 Å². The quantitative estimate of drug-likeness (QED) is 0.325. The molecule has 1 saturated heterocycles. The van der Waals surface area contributed by atoms with Crippen LogP contribution < -0.4 is 16.0 Å². The molecule has 2 heterocycles. The Morgan fingerprint density at radius 3 is 2.07 bits per heavy atom. The van der Waals surface area contributed by atoms with Crippen molar-refractivity contribution < 1.29 is 18.4 Å². The maximum atomic E-state index is 13.1. The van der Waals surface area contributed by atoms with Crippen LogP contribution in [0.15, 0.2) is 6.20 Å². The maximum Gasteiger partial charge on any atom is 0.408 e. The van der Waals surface area contributed by atoms with E-state index in [9.17, 15) is 4.79 Å². The van der Waals surface area contributed by atoms with Gasteiger partial charge in [0, 0.05) is 24.6 Å². The zero-order valence-electron chi connectivity index (χ0n) is 28.3. The molecule has 1 aliphatic heterocycles. The number of nitrogens with one attached hydrogen (secondary N) is 1. The lowest BCUT2D eigenvalue weighted by Gasteiger charge is -2.49. The highest BCUT2D eigenvalue weighted by atomic mass is 28.4. The van der Waals surface area contributed by atoms with Gasteiger partial charge in [-0.25, -0.2) is 4.79 Å². The average Bonchev–Trinajstić information content (AvgIpc) is 3.14. The average molecular weight is 607 g/mol. The number of amides is 1. The fourth-order valence-corrected chi connectivity index (χ4v) is 8.00. The van der Waals surface area contributed by atoms with E-state index in [1.165, 1.54) is 5.56 Å². The molecule has 234 valence electrons. The second-order valence-electron chi connectivity index (χ2n) is 16.3. The number of aromatic nitrogens is 1. The number of nitrogen functional groups attached to an aromatic ring is 1. The van der Waals surface area contributed by atoms with E-state index < -0.39 is 28.3 Å². The van der Waals surface area contributed by atoms with E-state index in [1.54, 1.807) is 6.20 Å². The van der Waals surface area contributed by atoms with Gasteiger partial charge in [0.1, 0.15) is 5.60 Å². The van der Waals surface area contributed by atoms with Crippen LogP contribution in [0.4, 0.5) is 16.2 Å². The van der Waals surface area contributed by atoms with Crippen LogP contribution in [0.25, 0.3) is 0 Å². The number of hydrogen-bond acceptors (Lipinski definition) is 7. The Balaban J connectivity index is 1.96. The summed E-state index contributed by atoms with van der Waals surface area (Å²) < 4.78 is 19.5. The molecule has 2 aliphatic rings. The van der Waals surface area contributed by atoms with E-state index >= 15 is 0 Å². The Hall–Kier alpha value is -1.63. The van der Waals surface area contributed by atoms with Gasteiger partial charge in [0.05, 0.1) is 41.5 Å². The van der Waals surface area contributed by atoms with Crippen LogP contribution in [0.5, 0.6) is 0 Å². The van der Waals surface area contributed by atoms with Gasteiger partial charge < -0.3 is 29.5 Å².